The number of hydrogen-bond donors (Lipinski definition) is 1. The van der Waals surface area contributed by atoms with E-state index in [-0.39, 0.29) is 23.7 Å². The number of carbonyl (C=O) groups is 3. The van der Waals surface area contributed by atoms with Gasteiger partial charge in [-0.25, -0.2) is 8.42 Å². The fourth-order valence-electron chi connectivity index (χ4n) is 5.19. The Bertz CT molecular complexity index is 1700. The highest BCUT2D eigenvalue weighted by Crippen LogP contribution is 2.39. The molecule has 11 heteroatoms. The lowest BCUT2D eigenvalue weighted by atomic mass is 10.0. The van der Waals surface area contributed by atoms with Crippen molar-refractivity contribution in [3.63, 3.8) is 0 Å². The summed E-state index contributed by atoms with van der Waals surface area (Å²) in [6, 6.07) is 15.8. The maximum absolute atomic E-state index is 14.5. The average Bonchev–Trinajstić information content (AvgIpc) is 3.04. The number of benzene rings is 3. The van der Waals surface area contributed by atoms with Gasteiger partial charge < -0.3 is 19.9 Å². The van der Waals surface area contributed by atoms with E-state index in [2.05, 4.69) is 11.4 Å². The van der Waals surface area contributed by atoms with Crippen LogP contribution in [-0.2, 0) is 30.8 Å². The zero-order chi connectivity index (χ0) is 30.8. The molecule has 3 amide bonds. The predicted molar refractivity (Wildman–Crippen MR) is 161 cm³/mol. The SMILES string of the molecule is CC[C@@H](C)C(=O)N[C@@H]1C(=O)N(Cc2c(OC)ccc3ccccc23)c2ccc(C#N)cc2N(C(=O)CS(C)(=O)=O)[C@H]1C. The van der Waals surface area contributed by atoms with E-state index in [0.29, 0.717) is 23.4 Å². The first-order chi connectivity index (χ1) is 19.9. The number of methoxy groups -OCH3 is 1. The largest absolute Gasteiger partial charge is 0.496 e. The van der Waals surface area contributed by atoms with Crippen LogP contribution in [0, 0.1) is 17.2 Å². The number of nitrogens with one attached hydrogen (secondary N) is 1. The Hall–Kier alpha value is -4.43. The lowest BCUT2D eigenvalue weighted by molar-refractivity contribution is -0.130. The van der Waals surface area contributed by atoms with Gasteiger partial charge in [0.25, 0.3) is 5.91 Å². The summed E-state index contributed by atoms with van der Waals surface area (Å²) in [6.07, 6.45) is 1.48. The average molecular weight is 591 g/mol. The summed E-state index contributed by atoms with van der Waals surface area (Å²) in [5, 5.41) is 14.3. The number of nitriles is 1. The van der Waals surface area contributed by atoms with E-state index in [1.54, 1.807) is 19.9 Å². The van der Waals surface area contributed by atoms with Crippen LogP contribution in [0.25, 0.3) is 10.8 Å². The molecule has 0 fully saturated rings. The van der Waals surface area contributed by atoms with Crippen LogP contribution in [-0.4, -0.2) is 57.3 Å². The van der Waals surface area contributed by atoms with Gasteiger partial charge in [-0.15, -0.1) is 0 Å². The molecule has 220 valence electrons. The molecule has 0 unspecified atom stereocenters. The molecule has 0 spiro atoms. The van der Waals surface area contributed by atoms with Gasteiger partial charge in [0, 0.05) is 17.7 Å². The van der Waals surface area contributed by atoms with Crippen molar-refractivity contribution >= 4 is 49.7 Å². The highest BCUT2D eigenvalue weighted by molar-refractivity contribution is 7.91. The maximum atomic E-state index is 14.5. The van der Waals surface area contributed by atoms with Crippen LogP contribution in [0.5, 0.6) is 5.75 Å². The van der Waals surface area contributed by atoms with Crippen LogP contribution in [0.1, 0.15) is 38.3 Å². The van der Waals surface area contributed by atoms with Gasteiger partial charge >= 0.3 is 0 Å². The number of sulfone groups is 1. The molecule has 1 N–H and O–H groups in total. The number of rotatable bonds is 8. The van der Waals surface area contributed by atoms with Gasteiger partial charge in [0.05, 0.1) is 42.7 Å². The minimum absolute atomic E-state index is 0.0127. The molecule has 1 heterocycles. The maximum Gasteiger partial charge on any atom is 0.252 e. The van der Waals surface area contributed by atoms with Crippen LogP contribution in [0.3, 0.4) is 0 Å². The van der Waals surface area contributed by atoms with Crippen molar-refractivity contribution in [2.24, 2.45) is 5.92 Å². The molecule has 10 nitrogen and oxygen atoms in total. The topological polar surface area (TPSA) is 137 Å². The fraction of sp³-hybridized carbons (Fsp3) is 0.355. The minimum Gasteiger partial charge on any atom is -0.496 e. The summed E-state index contributed by atoms with van der Waals surface area (Å²) in [5.41, 5.74) is 1.41. The molecule has 0 aromatic heterocycles. The molecule has 4 rings (SSSR count). The molecule has 0 saturated heterocycles. The second-order valence-electron chi connectivity index (χ2n) is 10.6. The van der Waals surface area contributed by atoms with Crippen LogP contribution < -0.4 is 19.9 Å². The Morgan fingerprint density at radius 3 is 2.48 bits per heavy atom. The Kier molecular flexibility index (Phi) is 8.87. The predicted octanol–water partition coefficient (Wildman–Crippen LogP) is 3.56. The highest BCUT2D eigenvalue weighted by atomic mass is 32.2. The summed E-state index contributed by atoms with van der Waals surface area (Å²) >= 11 is 0. The third kappa shape index (κ3) is 6.09. The molecule has 3 atom stereocenters. The second-order valence-corrected chi connectivity index (χ2v) is 12.7. The zero-order valence-corrected chi connectivity index (χ0v) is 25.1. The first kappa shape index (κ1) is 30.5. The van der Waals surface area contributed by atoms with Crippen LogP contribution in [0.2, 0.25) is 0 Å². The van der Waals surface area contributed by atoms with Crippen molar-refractivity contribution in [3.8, 4) is 11.8 Å². The molecule has 42 heavy (non-hydrogen) atoms. The van der Waals surface area contributed by atoms with Gasteiger partial charge in [0.2, 0.25) is 11.8 Å². The Balaban J connectivity index is 1.97. The number of ether oxygens (including phenoxy) is 1. The molecule has 1 aliphatic heterocycles. The van der Waals surface area contributed by atoms with E-state index in [1.165, 1.54) is 29.0 Å². The van der Waals surface area contributed by atoms with E-state index < -0.39 is 45.4 Å². The number of nitrogens with zero attached hydrogens (tertiary/aromatic N) is 3. The van der Waals surface area contributed by atoms with Gasteiger partial charge in [-0.1, -0.05) is 44.2 Å². The van der Waals surface area contributed by atoms with Gasteiger partial charge in [-0.3, -0.25) is 14.4 Å². The van der Waals surface area contributed by atoms with Crippen molar-refractivity contribution in [1.29, 1.82) is 5.26 Å². The normalized spacial score (nSPS) is 17.7. The molecular formula is C31H34N4O6S. The first-order valence-corrected chi connectivity index (χ1v) is 15.7. The molecule has 1 aliphatic rings. The minimum atomic E-state index is -3.75. The van der Waals surface area contributed by atoms with E-state index in [9.17, 15) is 28.1 Å². The van der Waals surface area contributed by atoms with E-state index in [4.69, 9.17) is 4.74 Å². The summed E-state index contributed by atoms with van der Waals surface area (Å²) in [6.45, 7) is 5.19. The standard InChI is InChI=1S/C31H34N4O6S/c1-6-19(2)30(37)33-29-20(3)35(28(36)18-42(5,39)40)26-15-21(16-32)11-13-25(26)34(31(29)38)17-24-23-10-8-7-9-22(23)12-14-27(24)41-4/h7-15,19-20,29H,6,17-18H2,1-5H3,(H,33,37)/t19-,20+,29+/m1/s1. The monoisotopic (exact) mass is 590 g/mol. The van der Waals surface area contributed by atoms with Crippen molar-refractivity contribution in [3.05, 3.63) is 65.7 Å². The lowest BCUT2D eigenvalue weighted by Crippen LogP contribution is -2.59. The van der Waals surface area contributed by atoms with Crippen molar-refractivity contribution in [2.75, 3.05) is 28.9 Å². The van der Waals surface area contributed by atoms with Crippen molar-refractivity contribution in [2.45, 2.75) is 45.8 Å². The van der Waals surface area contributed by atoms with Gasteiger partial charge in [-0.05, 0) is 48.4 Å². The fourth-order valence-corrected chi connectivity index (χ4v) is 5.77. The molecule has 0 radical (unpaired) electrons. The number of anilines is 2. The van der Waals surface area contributed by atoms with Crippen LogP contribution in [0.15, 0.2) is 54.6 Å². The zero-order valence-electron chi connectivity index (χ0n) is 24.2. The van der Waals surface area contributed by atoms with E-state index >= 15 is 0 Å². The van der Waals surface area contributed by atoms with Crippen molar-refractivity contribution < 1.29 is 27.5 Å². The second kappa shape index (κ2) is 12.2. The number of fused-ring (bicyclic) bond motifs is 2. The molecule has 3 aromatic rings. The number of carbonyl (C=O) groups excluding carboxylic acids is 3. The summed E-state index contributed by atoms with van der Waals surface area (Å²) < 4.78 is 30.1. The van der Waals surface area contributed by atoms with Crippen LogP contribution in [0.4, 0.5) is 11.4 Å². The highest BCUT2D eigenvalue weighted by Gasteiger charge is 2.43. The van der Waals surface area contributed by atoms with E-state index in [0.717, 1.165) is 17.0 Å². The Morgan fingerprint density at radius 1 is 1.12 bits per heavy atom. The molecule has 0 aliphatic carbocycles. The summed E-state index contributed by atoms with van der Waals surface area (Å²) in [4.78, 5) is 43.9. The molecule has 3 aromatic carbocycles. The summed E-state index contributed by atoms with van der Waals surface area (Å²) in [5.74, 6) is -2.32. The Labute approximate surface area is 245 Å². The summed E-state index contributed by atoms with van der Waals surface area (Å²) in [7, 11) is -2.22. The first-order valence-electron chi connectivity index (χ1n) is 13.6. The molecule has 0 saturated carbocycles. The van der Waals surface area contributed by atoms with Gasteiger partial charge in [0.15, 0.2) is 9.84 Å². The number of hydrogen-bond acceptors (Lipinski definition) is 7. The van der Waals surface area contributed by atoms with Gasteiger partial charge in [0.1, 0.15) is 17.5 Å². The third-order valence-corrected chi connectivity index (χ3v) is 8.39. The Morgan fingerprint density at radius 2 is 1.83 bits per heavy atom. The number of amides is 3. The third-order valence-electron chi connectivity index (χ3n) is 7.62. The van der Waals surface area contributed by atoms with Crippen molar-refractivity contribution in [1.82, 2.24) is 5.32 Å². The molecule has 0 bridgehead atoms. The smallest absolute Gasteiger partial charge is 0.252 e. The van der Waals surface area contributed by atoms with Gasteiger partial charge in [-0.2, -0.15) is 5.26 Å². The lowest BCUT2D eigenvalue weighted by Gasteiger charge is -2.32. The quantitative estimate of drug-likeness (QED) is 0.424. The van der Waals surface area contributed by atoms with E-state index in [1.807, 2.05) is 43.3 Å². The van der Waals surface area contributed by atoms with Crippen LogP contribution >= 0.6 is 0 Å². The molecular weight excluding hydrogens is 556 g/mol.